The number of aromatic nitrogens is 2. The summed E-state index contributed by atoms with van der Waals surface area (Å²) in [5, 5.41) is 12.0. The molecule has 1 saturated heterocycles. The van der Waals surface area contributed by atoms with Gasteiger partial charge in [0.05, 0.1) is 23.9 Å². The first-order valence-electron chi connectivity index (χ1n) is 11.8. The fourth-order valence-corrected chi connectivity index (χ4v) is 4.18. The number of benzene rings is 2. The summed E-state index contributed by atoms with van der Waals surface area (Å²) in [6.45, 7) is 1.94. The number of methoxy groups -OCH3 is 1. The molecule has 2 heterocycles. The maximum atomic E-state index is 13.6. The molecular formula is C26H26F3N5O4. The number of nitrogens with zero attached hydrogens (tertiary/aromatic N) is 4. The van der Waals surface area contributed by atoms with Crippen LogP contribution in [0.5, 0.6) is 0 Å². The number of carbonyl (C=O) groups is 2. The average molecular weight is 530 g/mol. The minimum absolute atomic E-state index is 0.0159. The molecule has 9 nitrogen and oxygen atoms in total. The van der Waals surface area contributed by atoms with Gasteiger partial charge in [-0.1, -0.05) is 12.1 Å². The van der Waals surface area contributed by atoms with Crippen LogP contribution in [0.4, 0.5) is 35.3 Å². The van der Waals surface area contributed by atoms with Crippen molar-refractivity contribution in [2.45, 2.75) is 19.0 Å². The van der Waals surface area contributed by atoms with E-state index in [0.717, 1.165) is 11.9 Å². The first kappa shape index (κ1) is 26.7. The third-order valence-corrected chi connectivity index (χ3v) is 6.21. The molecule has 0 spiro atoms. The molecular weight excluding hydrogens is 503 g/mol. The molecule has 0 radical (unpaired) electrons. The van der Waals surface area contributed by atoms with Crippen molar-refractivity contribution in [1.29, 1.82) is 0 Å². The zero-order valence-corrected chi connectivity index (χ0v) is 20.5. The summed E-state index contributed by atoms with van der Waals surface area (Å²) in [6.07, 6.45) is -4.57. The summed E-state index contributed by atoms with van der Waals surface area (Å²) < 4.78 is 45.6. The Morgan fingerprint density at radius 1 is 1.05 bits per heavy atom. The molecule has 0 saturated carbocycles. The standard InChI is InChI=1S/C26H26F3N5O4/c1-38-23(35)18-4-2-3-17(15-18)5-10-22-21(26(27,28)29)16-30-24(32-22)31-19-6-8-20(9-7-19)33-11-13-34(14-12-33)25(36)37/h2-4,6-9,15-16H,5,10-14H2,1H3,(H,36,37)(H,30,31,32). The van der Waals surface area contributed by atoms with Crippen molar-refractivity contribution in [3.05, 3.63) is 77.1 Å². The van der Waals surface area contributed by atoms with Gasteiger partial charge in [0.2, 0.25) is 5.95 Å². The average Bonchev–Trinajstić information content (AvgIpc) is 2.91. The van der Waals surface area contributed by atoms with Crippen molar-refractivity contribution in [2.75, 3.05) is 43.5 Å². The molecule has 38 heavy (non-hydrogen) atoms. The normalized spacial score (nSPS) is 13.8. The van der Waals surface area contributed by atoms with Crippen LogP contribution in [0.25, 0.3) is 0 Å². The zero-order valence-electron chi connectivity index (χ0n) is 20.5. The molecule has 1 aliphatic rings. The third-order valence-electron chi connectivity index (χ3n) is 6.21. The van der Waals surface area contributed by atoms with E-state index >= 15 is 0 Å². The monoisotopic (exact) mass is 529 g/mol. The fourth-order valence-electron chi connectivity index (χ4n) is 4.18. The van der Waals surface area contributed by atoms with Gasteiger partial charge in [0.25, 0.3) is 0 Å². The number of ether oxygens (including phenoxy) is 1. The SMILES string of the molecule is COC(=O)c1cccc(CCc2nc(Nc3ccc(N4CCN(C(=O)O)CC4)cc3)ncc2C(F)(F)F)c1. The highest BCUT2D eigenvalue weighted by Crippen LogP contribution is 2.32. The topological polar surface area (TPSA) is 108 Å². The lowest BCUT2D eigenvalue weighted by Crippen LogP contribution is -2.48. The van der Waals surface area contributed by atoms with Crippen LogP contribution in [0.15, 0.2) is 54.7 Å². The predicted molar refractivity (Wildman–Crippen MR) is 134 cm³/mol. The summed E-state index contributed by atoms with van der Waals surface area (Å²) in [4.78, 5) is 34.3. The lowest BCUT2D eigenvalue weighted by Gasteiger charge is -2.34. The Balaban J connectivity index is 1.46. The molecule has 1 aliphatic heterocycles. The maximum absolute atomic E-state index is 13.6. The van der Waals surface area contributed by atoms with Crippen LogP contribution in [0.3, 0.4) is 0 Å². The van der Waals surface area contributed by atoms with E-state index in [-0.39, 0.29) is 24.5 Å². The second-order valence-electron chi connectivity index (χ2n) is 8.67. The summed E-state index contributed by atoms with van der Waals surface area (Å²) in [5.74, 6) is -0.496. The van der Waals surface area contributed by atoms with E-state index in [9.17, 15) is 22.8 Å². The number of halogens is 3. The Morgan fingerprint density at radius 3 is 2.39 bits per heavy atom. The first-order valence-corrected chi connectivity index (χ1v) is 11.8. The largest absolute Gasteiger partial charge is 0.465 e. The number of aryl methyl sites for hydroxylation is 2. The molecule has 2 N–H and O–H groups in total. The van der Waals surface area contributed by atoms with Gasteiger partial charge in [-0.3, -0.25) is 0 Å². The highest BCUT2D eigenvalue weighted by molar-refractivity contribution is 5.89. The Hall–Kier alpha value is -4.35. The molecule has 12 heteroatoms. The number of anilines is 3. The highest BCUT2D eigenvalue weighted by Gasteiger charge is 2.34. The number of amides is 1. The molecule has 0 aliphatic carbocycles. The van der Waals surface area contributed by atoms with E-state index in [2.05, 4.69) is 20.2 Å². The van der Waals surface area contributed by atoms with Gasteiger partial charge in [-0.15, -0.1) is 0 Å². The number of nitrogens with one attached hydrogen (secondary N) is 1. The quantitative estimate of drug-likeness (QED) is 0.428. The molecule has 4 rings (SSSR count). The summed E-state index contributed by atoms with van der Waals surface area (Å²) in [5.41, 5.74) is 1.42. The van der Waals surface area contributed by atoms with Crippen LogP contribution < -0.4 is 10.2 Å². The molecule has 1 aromatic heterocycles. The second-order valence-corrected chi connectivity index (χ2v) is 8.67. The van der Waals surface area contributed by atoms with Crippen LogP contribution in [0.2, 0.25) is 0 Å². The van der Waals surface area contributed by atoms with E-state index < -0.39 is 23.8 Å². The van der Waals surface area contributed by atoms with Gasteiger partial charge < -0.3 is 25.0 Å². The van der Waals surface area contributed by atoms with Gasteiger partial charge >= 0.3 is 18.2 Å². The maximum Gasteiger partial charge on any atom is 0.419 e. The molecule has 2 aromatic carbocycles. The van der Waals surface area contributed by atoms with Gasteiger partial charge in [-0.25, -0.2) is 19.6 Å². The lowest BCUT2D eigenvalue weighted by molar-refractivity contribution is -0.138. The molecule has 0 unspecified atom stereocenters. The van der Waals surface area contributed by atoms with Gasteiger partial charge in [0, 0.05) is 43.8 Å². The van der Waals surface area contributed by atoms with Crippen LogP contribution in [-0.4, -0.2) is 65.3 Å². The molecule has 0 bridgehead atoms. The Bertz CT molecular complexity index is 1290. The predicted octanol–water partition coefficient (Wildman–Crippen LogP) is 4.61. The van der Waals surface area contributed by atoms with Crippen LogP contribution in [-0.2, 0) is 23.8 Å². The molecule has 200 valence electrons. The van der Waals surface area contributed by atoms with Crippen molar-refractivity contribution in [3.63, 3.8) is 0 Å². The van der Waals surface area contributed by atoms with E-state index in [0.29, 0.717) is 43.0 Å². The van der Waals surface area contributed by atoms with Crippen molar-refractivity contribution < 1.29 is 32.6 Å². The number of piperazine rings is 1. The van der Waals surface area contributed by atoms with Gasteiger partial charge in [-0.2, -0.15) is 13.2 Å². The number of carboxylic acid groups (broad SMARTS) is 1. The molecule has 0 atom stereocenters. The lowest BCUT2D eigenvalue weighted by atomic mass is 10.0. The van der Waals surface area contributed by atoms with E-state index in [1.807, 2.05) is 12.1 Å². The second kappa shape index (κ2) is 11.4. The molecule has 3 aromatic rings. The summed E-state index contributed by atoms with van der Waals surface area (Å²) in [7, 11) is 1.26. The van der Waals surface area contributed by atoms with Crippen LogP contribution >= 0.6 is 0 Å². The van der Waals surface area contributed by atoms with Gasteiger partial charge in [-0.05, 0) is 54.8 Å². The van der Waals surface area contributed by atoms with E-state index in [1.54, 1.807) is 36.4 Å². The number of esters is 1. The van der Waals surface area contributed by atoms with Gasteiger partial charge in [0.1, 0.15) is 0 Å². The van der Waals surface area contributed by atoms with Crippen molar-refractivity contribution >= 4 is 29.4 Å². The molecule has 1 amide bonds. The Kier molecular flexibility index (Phi) is 7.99. The smallest absolute Gasteiger partial charge is 0.419 e. The van der Waals surface area contributed by atoms with Crippen LogP contribution in [0.1, 0.15) is 27.2 Å². The third kappa shape index (κ3) is 6.50. The van der Waals surface area contributed by atoms with Crippen LogP contribution in [0, 0.1) is 0 Å². The highest BCUT2D eigenvalue weighted by atomic mass is 19.4. The van der Waals surface area contributed by atoms with Crippen molar-refractivity contribution in [2.24, 2.45) is 0 Å². The minimum Gasteiger partial charge on any atom is -0.465 e. The fraction of sp³-hybridized carbons (Fsp3) is 0.308. The van der Waals surface area contributed by atoms with E-state index in [4.69, 9.17) is 9.84 Å². The Morgan fingerprint density at radius 2 is 1.76 bits per heavy atom. The van der Waals surface area contributed by atoms with Crippen molar-refractivity contribution in [1.82, 2.24) is 14.9 Å². The number of hydrogen-bond acceptors (Lipinski definition) is 7. The van der Waals surface area contributed by atoms with Crippen molar-refractivity contribution in [3.8, 4) is 0 Å². The summed E-state index contributed by atoms with van der Waals surface area (Å²) in [6, 6.07) is 13.7. The molecule has 1 fully saturated rings. The zero-order chi connectivity index (χ0) is 27.3. The number of hydrogen-bond donors (Lipinski definition) is 2. The van der Waals surface area contributed by atoms with Gasteiger partial charge in [0.15, 0.2) is 0 Å². The van der Waals surface area contributed by atoms with E-state index in [1.165, 1.54) is 12.0 Å². The first-order chi connectivity index (χ1) is 18.1. The number of carbonyl (C=O) groups excluding carboxylic acids is 1. The summed E-state index contributed by atoms with van der Waals surface area (Å²) >= 11 is 0. The Labute approximate surface area is 216 Å². The number of rotatable bonds is 7. The number of alkyl halides is 3. The minimum atomic E-state index is -4.62.